The number of anilines is 1. The lowest BCUT2D eigenvalue weighted by Gasteiger charge is -2.10. The van der Waals surface area contributed by atoms with Crippen molar-refractivity contribution in [2.75, 3.05) is 5.73 Å². The second-order valence-corrected chi connectivity index (χ2v) is 4.78. The molecule has 0 aliphatic carbocycles. The van der Waals surface area contributed by atoms with Crippen molar-refractivity contribution in [3.05, 3.63) is 29.3 Å². The summed E-state index contributed by atoms with van der Waals surface area (Å²) in [6.07, 6.45) is -0.00624. The molecule has 0 radical (unpaired) electrons. The lowest BCUT2D eigenvalue weighted by molar-refractivity contribution is 0.222. The highest BCUT2D eigenvalue weighted by Gasteiger charge is 2.11. The summed E-state index contributed by atoms with van der Waals surface area (Å²) in [7, 11) is 0. The van der Waals surface area contributed by atoms with Crippen LogP contribution < -0.4 is 10.5 Å². The number of hydrogen-bond donors (Lipinski definition) is 1. The third kappa shape index (κ3) is 3.19. The fraction of sp³-hybridized carbons (Fsp3) is 0.357. The second kappa shape index (κ2) is 5.22. The first-order chi connectivity index (χ1) is 8.95. The summed E-state index contributed by atoms with van der Waals surface area (Å²) in [6, 6.07) is 6.38. The summed E-state index contributed by atoms with van der Waals surface area (Å²) < 4.78 is 5.49. The molecule has 5 heteroatoms. The molecule has 2 rings (SSSR count). The highest BCUT2D eigenvalue weighted by molar-refractivity contribution is 5.61. The average Bonchev–Trinajstić information content (AvgIpc) is 2.30. The molecule has 0 saturated heterocycles. The molecule has 0 atom stereocenters. The minimum atomic E-state index is -0.00624. The maximum Gasteiger partial charge on any atom is 0.322 e. The SMILES string of the molecule is Cc1ccc(C)c(-c2nc(N)nc(OC(C)C)n2)c1. The molecule has 0 aliphatic rings. The summed E-state index contributed by atoms with van der Waals surface area (Å²) in [5.41, 5.74) is 8.90. The third-order valence-corrected chi connectivity index (χ3v) is 2.61. The quantitative estimate of drug-likeness (QED) is 0.915. The minimum absolute atomic E-state index is 0.00624. The van der Waals surface area contributed by atoms with Gasteiger partial charge in [-0.2, -0.15) is 15.0 Å². The highest BCUT2D eigenvalue weighted by Crippen LogP contribution is 2.23. The Bertz CT molecular complexity index is 596. The highest BCUT2D eigenvalue weighted by atomic mass is 16.5. The summed E-state index contributed by atoms with van der Waals surface area (Å²) in [5.74, 6) is 0.714. The normalized spacial score (nSPS) is 10.8. The van der Waals surface area contributed by atoms with Crippen LogP contribution in [0.15, 0.2) is 18.2 Å². The van der Waals surface area contributed by atoms with Crippen molar-refractivity contribution in [1.82, 2.24) is 15.0 Å². The van der Waals surface area contributed by atoms with Crippen LogP contribution in [0, 0.1) is 13.8 Å². The maximum absolute atomic E-state index is 5.72. The molecule has 0 unspecified atom stereocenters. The van der Waals surface area contributed by atoms with E-state index in [0.29, 0.717) is 5.82 Å². The zero-order valence-corrected chi connectivity index (χ0v) is 11.6. The number of nitrogen functional groups attached to an aromatic ring is 1. The van der Waals surface area contributed by atoms with Crippen LogP contribution >= 0.6 is 0 Å². The maximum atomic E-state index is 5.72. The monoisotopic (exact) mass is 258 g/mol. The van der Waals surface area contributed by atoms with Crippen molar-refractivity contribution in [3.8, 4) is 17.4 Å². The lowest BCUT2D eigenvalue weighted by Crippen LogP contribution is -2.11. The van der Waals surface area contributed by atoms with E-state index in [1.165, 1.54) is 0 Å². The molecular weight excluding hydrogens is 240 g/mol. The summed E-state index contributed by atoms with van der Waals surface area (Å²) in [5, 5.41) is 0. The van der Waals surface area contributed by atoms with Gasteiger partial charge in [0.25, 0.3) is 0 Å². The van der Waals surface area contributed by atoms with Gasteiger partial charge in [0, 0.05) is 5.56 Å². The first kappa shape index (κ1) is 13.3. The topological polar surface area (TPSA) is 73.9 Å². The Morgan fingerprint density at radius 2 is 1.84 bits per heavy atom. The van der Waals surface area contributed by atoms with E-state index >= 15 is 0 Å². The van der Waals surface area contributed by atoms with Crippen LogP contribution in [0.5, 0.6) is 6.01 Å². The summed E-state index contributed by atoms with van der Waals surface area (Å²) in [4.78, 5) is 12.5. The van der Waals surface area contributed by atoms with Crippen LogP contribution in [-0.4, -0.2) is 21.1 Å². The van der Waals surface area contributed by atoms with Crippen LogP contribution in [0.25, 0.3) is 11.4 Å². The van der Waals surface area contributed by atoms with E-state index in [-0.39, 0.29) is 18.1 Å². The van der Waals surface area contributed by atoms with E-state index in [4.69, 9.17) is 10.5 Å². The Morgan fingerprint density at radius 1 is 1.11 bits per heavy atom. The molecule has 0 aliphatic heterocycles. The zero-order valence-electron chi connectivity index (χ0n) is 11.6. The number of nitrogens with two attached hydrogens (primary N) is 1. The molecule has 2 aromatic rings. The van der Waals surface area contributed by atoms with Gasteiger partial charge in [-0.05, 0) is 39.3 Å². The molecule has 0 fully saturated rings. The molecule has 0 saturated carbocycles. The van der Waals surface area contributed by atoms with E-state index in [1.54, 1.807) is 0 Å². The number of nitrogens with zero attached hydrogens (tertiary/aromatic N) is 3. The molecule has 1 aromatic carbocycles. The molecule has 2 N–H and O–H groups in total. The van der Waals surface area contributed by atoms with Crippen LogP contribution in [0.4, 0.5) is 5.95 Å². The van der Waals surface area contributed by atoms with Gasteiger partial charge in [-0.25, -0.2) is 0 Å². The number of hydrogen-bond acceptors (Lipinski definition) is 5. The van der Waals surface area contributed by atoms with Gasteiger partial charge in [-0.15, -0.1) is 0 Å². The van der Waals surface area contributed by atoms with Gasteiger partial charge in [0.1, 0.15) is 0 Å². The van der Waals surface area contributed by atoms with Crippen molar-refractivity contribution in [2.24, 2.45) is 0 Å². The Hall–Kier alpha value is -2.17. The van der Waals surface area contributed by atoms with Crippen molar-refractivity contribution in [3.63, 3.8) is 0 Å². The van der Waals surface area contributed by atoms with E-state index in [2.05, 4.69) is 21.0 Å². The Morgan fingerprint density at radius 3 is 2.53 bits per heavy atom. The lowest BCUT2D eigenvalue weighted by atomic mass is 10.1. The Labute approximate surface area is 112 Å². The predicted molar refractivity (Wildman–Crippen MR) is 74.9 cm³/mol. The number of rotatable bonds is 3. The molecular formula is C14H18N4O. The largest absolute Gasteiger partial charge is 0.461 e. The van der Waals surface area contributed by atoms with Gasteiger partial charge in [0.05, 0.1) is 6.10 Å². The minimum Gasteiger partial charge on any atom is -0.461 e. The number of aromatic nitrogens is 3. The molecule has 0 bridgehead atoms. The van der Waals surface area contributed by atoms with Gasteiger partial charge in [0.2, 0.25) is 5.95 Å². The van der Waals surface area contributed by atoms with E-state index in [1.807, 2.05) is 39.8 Å². The third-order valence-electron chi connectivity index (χ3n) is 2.61. The van der Waals surface area contributed by atoms with Gasteiger partial charge < -0.3 is 10.5 Å². The van der Waals surface area contributed by atoms with Crippen LogP contribution in [0.1, 0.15) is 25.0 Å². The smallest absolute Gasteiger partial charge is 0.322 e. The second-order valence-electron chi connectivity index (χ2n) is 4.78. The van der Waals surface area contributed by atoms with Crippen molar-refractivity contribution >= 4 is 5.95 Å². The first-order valence-corrected chi connectivity index (χ1v) is 6.21. The number of benzene rings is 1. The fourth-order valence-electron chi connectivity index (χ4n) is 1.73. The molecule has 0 spiro atoms. The van der Waals surface area contributed by atoms with E-state index in [0.717, 1.165) is 16.7 Å². The molecule has 5 nitrogen and oxygen atoms in total. The van der Waals surface area contributed by atoms with Crippen molar-refractivity contribution in [1.29, 1.82) is 0 Å². The number of ether oxygens (including phenoxy) is 1. The molecule has 1 heterocycles. The summed E-state index contributed by atoms with van der Waals surface area (Å²) in [6.45, 7) is 7.87. The number of aryl methyl sites for hydroxylation is 2. The van der Waals surface area contributed by atoms with Gasteiger partial charge in [-0.1, -0.05) is 17.7 Å². The van der Waals surface area contributed by atoms with E-state index in [9.17, 15) is 0 Å². The zero-order chi connectivity index (χ0) is 14.0. The molecule has 1 aromatic heterocycles. The van der Waals surface area contributed by atoms with Gasteiger partial charge in [-0.3, -0.25) is 0 Å². The molecule has 19 heavy (non-hydrogen) atoms. The van der Waals surface area contributed by atoms with Crippen molar-refractivity contribution in [2.45, 2.75) is 33.8 Å². The van der Waals surface area contributed by atoms with Gasteiger partial charge >= 0.3 is 6.01 Å². The van der Waals surface area contributed by atoms with E-state index < -0.39 is 0 Å². The first-order valence-electron chi connectivity index (χ1n) is 6.21. The molecule has 100 valence electrons. The van der Waals surface area contributed by atoms with Crippen LogP contribution in [-0.2, 0) is 0 Å². The van der Waals surface area contributed by atoms with Crippen LogP contribution in [0.2, 0.25) is 0 Å². The fourth-order valence-corrected chi connectivity index (χ4v) is 1.73. The molecule has 0 amide bonds. The van der Waals surface area contributed by atoms with Crippen LogP contribution in [0.3, 0.4) is 0 Å². The standard InChI is InChI=1S/C14H18N4O/c1-8(2)19-14-17-12(16-13(15)18-14)11-7-9(3)5-6-10(11)4/h5-8H,1-4H3,(H2,15,16,17,18). The summed E-state index contributed by atoms with van der Waals surface area (Å²) >= 11 is 0. The Kier molecular flexibility index (Phi) is 3.64. The Balaban J connectivity index is 2.49. The van der Waals surface area contributed by atoms with Gasteiger partial charge in [0.15, 0.2) is 5.82 Å². The van der Waals surface area contributed by atoms with Crippen molar-refractivity contribution < 1.29 is 4.74 Å². The average molecular weight is 258 g/mol. The predicted octanol–water partition coefficient (Wildman–Crippen LogP) is 2.52.